The molecule has 6 heteroatoms. The molecule has 0 bridgehead atoms. The van der Waals surface area contributed by atoms with Crippen LogP contribution in [0.4, 0.5) is 0 Å². The van der Waals surface area contributed by atoms with Crippen molar-refractivity contribution in [2.45, 2.75) is 35.6 Å². The van der Waals surface area contributed by atoms with Gasteiger partial charge in [-0.1, -0.05) is 127 Å². The van der Waals surface area contributed by atoms with Gasteiger partial charge in [-0.15, -0.1) is 0 Å². The minimum absolute atomic E-state index is 0.107. The molecule has 2 aliphatic rings. The smallest absolute Gasteiger partial charge is 0.402 e. The van der Waals surface area contributed by atoms with Gasteiger partial charge in [0.1, 0.15) is 29.7 Å². The van der Waals surface area contributed by atoms with E-state index >= 15 is 0 Å². The van der Waals surface area contributed by atoms with E-state index < -0.39 is 30.5 Å². The molecule has 4 aromatic rings. The van der Waals surface area contributed by atoms with Crippen LogP contribution in [-0.2, 0) is 34.8 Å². The molecule has 4 aromatic carbocycles. The predicted molar refractivity (Wildman–Crippen MR) is 164 cm³/mol. The number of hydrogen-bond acceptors (Lipinski definition) is 5. The maximum absolute atomic E-state index is 11.1. The summed E-state index contributed by atoms with van der Waals surface area (Å²) in [4.78, 5) is 11.1. The first-order valence-corrected chi connectivity index (χ1v) is 14.4. The van der Waals surface area contributed by atoms with Crippen molar-refractivity contribution in [1.82, 2.24) is 0 Å². The summed E-state index contributed by atoms with van der Waals surface area (Å²) < 4.78 is 27.5. The summed E-state index contributed by atoms with van der Waals surface area (Å²) in [5.74, 6) is 0.311. The van der Waals surface area contributed by atoms with Gasteiger partial charge in [-0.2, -0.15) is 0 Å². The molecule has 1 saturated carbocycles. The topological polar surface area (TPSA) is 54.0 Å². The number of aldehydes is 1. The van der Waals surface area contributed by atoms with Gasteiger partial charge in [0, 0.05) is 20.0 Å². The number of rotatable bonds is 11. The van der Waals surface area contributed by atoms with Gasteiger partial charge in [0.25, 0.3) is 0 Å². The monoisotopic (exact) mass is 558 g/mol. The Balaban J connectivity index is 1.58. The lowest BCUT2D eigenvalue weighted by Crippen LogP contribution is -2.56. The van der Waals surface area contributed by atoms with Crippen molar-refractivity contribution in [2.75, 3.05) is 14.2 Å². The maximum Gasteiger partial charge on any atom is 0.461 e. The minimum atomic E-state index is -1.03. The zero-order chi connectivity index (χ0) is 29.0. The second kappa shape index (κ2) is 12.2. The highest BCUT2D eigenvalue weighted by Gasteiger charge is 2.65. The van der Waals surface area contributed by atoms with Crippen molar-refractivity contribution in [3.8, 4) is 0 Å². The predicted octanol–water partition coefficient (Wildman–Crippen LogP) is 6.58. The van der Waals surface area contributed by atoms with Gasteiger partial charge < -0.3 is 18.8 Å². The zero-order valence-electron chi connectivity index (χ0n) is 23.9. The fourth-order valence-corrected chi connectivity index (χ4v) is 6.68. The van der Waals surface area contributed by atoms with Crippen molar-refractivity contribution in [3.63, 3.8) is 0 Å². The highest BCUT2D eigenvalue weighted by Crippen LogP contribution is 2.56. The molecular weight excluding hydrogens is 523 g/mol. The van der Waals surface area contributed by atoms with E-state index in [2.05, 4.69) is 48.5 Å². The fraction of sp³-hybridized carbons (Fsp3) is 0.250. The third-order valence-electron chi connectivity index (χ3n) is 8.77. The zero-order valence-corrected chi connectivity index (χ0v) is 23.9. The first-order valence-electron chi connectivity index (χ1n) is 14.4. The molecule has 1 aliphatic carbocycles. The van der Waals surface area contributed by atoms with E-state index in [-0.39, 0.29) is 11.7 Å². The van der Waals surface area contributed by atoms with Crippen LogP contribution in [0, 0.1) is 5.92 Å². The molecule has 0 unspecified atom stereocenters. The van der Waals surface area contributed by atoms with Gasteiger partial charge in [0.2, 0.25) is 0 Å². The van der Waals surface area contributed by atoms with Crippen molar-refractivity contribution >= 4 is 13.4 Å². The molecule has 0 aromatic heterocycles. The lowest BCUT2D eigenvalue weighted by Gasteiger charge is -2.47. The third-order valence-corrected chi connectivity index (χ3v) is 8.77. The molecule has 0 radical (unpaired) electrons. The SMILES string of the molecule is COC(c1ccccc1)(c1ccccc1)[C@@H]1OB([C@H]2C[C@@H]2/C=C/C=O)O[C@H]1C(OC)(c1ccccc1)c1ccccc1. The fourth-order valence-electron chi connectivity index (χ4n) is 6.68. The van der Waals surface area contributed by atoms with Crippen molar-refractivity contribution < 1.29 is 23.6 Å². The average Bonchev–Trinajstić information content (AvgIpc) is 3.72. The number of ether oxygens (including phenoxy) is 2. The Hall–Kier alpha value is -3.81. The molecule has 1 saturated heterocycles. The molecule has 0 spiro atoms. The molecular formula is C36H35BO5. The van der Waals surface area contributed by atoms with E-state index in [0.717, 1.165) is 35.0 Å². The molecule has 1 heterocycles. The Morgan fingerprint density at radius 3 is 1.31 bits per heavy atom. The van der Waals surface area contributed by atoms with Crippen LogP contribution in [0.15, 0.2) is 133 Å². The van der Waals surface area contributed by atoms with Crippen molar-refractivity contribution in [3.05, 3.63) is 156 Å². The van der Waals surface area contributed by atoms with Crippen LogP contribution in [0.25, 0.3) is 0 Å². The largest absolute Gasteiger partial charge is 0.461 e. The number of carbonyl (C=O) groups excluding carboxylic acids is 1. The number of allylic oxidation sites excluding steroid dienone is 2. The average molecular weight is 558 g/mol. The van der Waals surface area contributed by atoms with E-state index in [1.165, 1.54) is 0 Å². The normalized spacial score (nSPS) is 22.4. The quantitative estimate of drug-likeness (QED) is 0.118. The standard InChI is InChI=1S/C36H35BO5/c1-39-35(28-17-7-3-8-18-28,29-19-9-4-10-20-29)33-34(42-37(41-33)32-26-27(32)16-15-25-38)36(40-2,30-21-11-5-12-22-30)31-23-13-6-14-24-31/h3-25,27,32-34H,26H2,1-2H3/b16-15+/t27-,32-,33+,34+/m0/s1. The summed E-state index contributed by atoms with van der Waals surface area (Å²) in [6, 6.07) is 40.8. The number of carbonyl (C=O) groups is 1. The Morgan fingerprint density at radius 2 is 1.00 bits per heavy atom. The molecule has 212 valence electrons. The van der Waals surface area contributed by atoms with E-state index in [1.54, 1.807) is 20.3 Å². The van der Waals surface area contributed by atoms with E-state index in [1.807, 2.05) is 78.9 Å². The van der Waals surface area contributed by atoms with E-state index in [4.69, 9.17) is 18.8 Å². The van der Waals surface area contributed by atoms with Crippen LogP contribution >= 0.6 is 0 Å². The Morgan fingerprint density at radius 1 is 0.643 bits per heavy atom. The molecule has 6 rings (SSSR count). The van der Waals surface area contributed by atoms with Crippen LogP contribution in [0.3, 0.4) is 0 Å². The lowest BCUT2D eigenvalue weighted by molar-refractivity contribution is -0.136. The highest BCUT2D eigenvalue weighted by atomic mass is 16.7. The molecule has 0 N–H and O–H groups in total. The van der Waals surface area contributed by atoms with Crippen molar-refractivity contribution in [2.24, 2.45) is 5.92 Å². The van der Waals surface area contributed by atoms with Crippen LogP contribution < -0.4 is 0 Å². The number of benzene rings is 4. The van der Waals surface area contributed by atoms with Gasteiger partial charge in [0.15, 0.2) is 0 Å². The van der Waals surface area contributed by atoms with Gasteiger partial charge in [-0.05, 0) is 40.7 Å². The maximum atomic E-state index is 11.1. The molecule has 2 fully saturated rings. The van der Waals surface area contributed by atoms with Gasteiger partial charge in [0.05, 0.1) is 0 Å². The van der Waals surface area contributed by atoms with Crippen LogP contribution in [-0.4, -0.2) is 39.8 Å². The van der Waals surface area contributed by atoms with Gasteiger partial charge in [-0.3, -0.25) is 4.79 Å². The first-order chi connectivity index (χ1) is 20.7. The molecule has 1 aliphatic heterocycles. The number of hydrogen-bond donors (Lipinski definition) is 0. The minimum Gasteiger partial charge on any atom is -0.402 e. The van der Waals surface area contributed by atoms with Gasteiger partial charge >= 0.3 is 7.12 Å². The summed E-state index contributed by atoms with van der Waals surface area (Å²) in [5, 5.41) is 0. The van der Waals surface area contributed by atoms with Gasteiger partial charge in [-0.25, -0.2) is 0 Å². The lowest BCUT2D eigenvalue weighted by atomic mass is 9.71. The second-order valence-corrected chi connectivity index (χ2v) is 10.9. The summed E-state index contributed by atoms with van der Waals surface area (Å²) in [6.07, 6.45) is 3.97. The Kier molecular flexibility index (Phi) is 8.23. The summed E-state index contributed by atoms with van der Waals surface area (Å²) in [5.41, 5.74) is 1.76. The third kappa shape index (κ3) is 4.85. The van der Waals surface area contributed by atoms with E-state index in [9.17, 15) is 4.79 Å². The summed E-state index contributed by atoms with van der Waals surface area (Å²) in [7, 11) is 2.95. The Bertz CT molecular complexity index is 1300. The second-order valence-electron chi connectivity index (χ2n) is 10.9. The number of methoxy groups -OCH3 is 2. The van der Waals surface area contributed by atoms with Crippen LogP contribution in [0.5, 0.6) is 0 Å². The van der Waals surface area contributed by atoms with Crippen molar-refractivity contribution in [1.29, 1.82) is 0 Å². The van der Waals surface area contributed by atoms with Crippen LogP contribution in [0.1, 0.15) is 28.7 Å². The molecule has 42 heavy (non-hydrogen) atoms. The summed E-state index contributed by atoms with van der Waals surface area (Å²) >= 11 is 0. The first kappa shape index (κ1) is 28.3. The Labute approximate surface area is 248 Å². The summed E-state index contributed by atoms with van der Waals surface area (Å²) in [6.45, 7) is 0. The van der Waals surface area contributed by atoms with Crippen LogP contribution in [0.2, 0.25) is 5.82 Å². The molecule has 5 nitrogen and oxygen atoms in total. The molecule has 4 atom stereocenters. The van der Waals surface area contributed by atoms with E-state index in [0.29, 0.717) is 0 Å². The highest BCUT2D eigenvalue weighted by molar-refractivity contribution is 6.48. The molecule has 0 amide bonds.